The number of nitrogens with zero attached hydrogens (tertiary/aromatic N) is 1. The first-order chi connectivity index (χ1) is 8.47. The highest BCUT2D eigenvalue weighted by Gasteiger charge is 2.20. The highest BCUT2D eigenvalue weighted by atomic mass is 32.1. The summed E-state index contributed by atoms with van der Waals surface area (Å²) in [5.74, 6) is 1.70. The molecular weight excluding hydrogens is 240 g/mol. The van der Waals surface area contributed by atoms with Crippen molar-refractivity contribution in [3.05, 3.63) is 22.2 Å². The Morgan fingerprint density at radius 1 is 1.17 bits per heavy atom. The van der Waals surface area contributed by atoms with Crippen molar-refractivity contribution in [2.75, 3.05) is 0 Å². The van der Waals surface area contributed by atoms with Crippen LogP contribution in [0.1, 0.15) is 76.7 Å². The fraction of sp³-hybridized carbons (Fsp3) is 0.733. The van der Waals surface area contributed by atoms with Gasteiger partial charge in [0, 0.05) is 17.0 Å². The molecule has 1 aromatic rings. The Balaban J connectivity index is 2.32. The topological polar surface area (TPSA) is 28.7 Å². The van der Waals surface area contributed by atoms with Crippen LogP contribution in [0.5, 0.6) is 0 Å². The van der Waals surface area contributed by atoms with Crippen molar-refractivity contribution in [3.63, 3.8) is 0 Å². The van der Waals surface area contributed by atoms with Gasteiger partial charge in [0.1, 0.15) is 10.5 Å². The fourth-order valence-electron chi connectivity index (χ4n) is 2.63. The summed E-state index contributed by atoms with van der Waals surface area (Å²) in [5.41, 5.74) is 1.32. The van der Waals surface area contributed by atoms with Gasteiger partial charge >= 0.3 is 0 Å². The normalized spacial score (nSPS) is 18.6. The Morgan fingerprint density at radius 3 is 2.33 bits per heavy atom. The molecule has 1 heterocycles. The second kappa shape index (κ2) is 5.52. The summed E-state index contributed by atoms with van der Waals surface area (Å²) in [7, 11) is 0. The average molecular weight is 264 g/mol. The van der Waals surface area contributed by atoms with Gasteiger partial charge in [0.25, 0.3) is 0 Å². The summed E-state index contributed by atoms with van der Waals surface area (Å²) in [6.45, 7) is 6.64. The minimum Gasteiger partial charge on any atom is -0.346 e. The van der Waals surface area contributed by atoms with E-state index in [2.05, 4.69) is 30.7 Å². The molecule has 0 atom stereocenters. The van der Waals surface area contributed by atoms with Gasteiger partial charge in [0.2, 0.25) is 0 Å². The zero-order chi connectivity index (χ0) is 13.2. The number of hydrogen-bond donors (Lipinski definition) is 1. The molecule has 0 unspecified atom stereocenters. The molecule has 0 saturated heterocycles. The molecule has 18 heavy (non-hydrogen) atoms. The molecular formula is C15H24N2S. The molecule has 2 rings (SSSR count). The minimum absolute atomic E-state index is 0.107. The van der Waals surface area contributed by atoms with Gasteiger partial charge in [-0.3, -0.25) is 0 Å². The molecule has 100 valence electrons. The van der Waals surface area contributed by atoms with Crippen LogP contribution in [0.25, 0.3) is 0 Å². The molecule has 0 amide bonds. The zero-order valence-electron chi connectivity index (χ0n) is 11.8. The molecule has 1 fully saturated rings. The fourth-order valence-corrected chi connectivity index (χ4v) is 2.84. The summed E-state index contributed by atoms with van der Waals surface area (Å²) in [6, 6.07) is 2.01. The second-order valence-corrected chi connectivity index (χ2v) is 6.88. The van der Waals surface area contributed by atoms with Gasteiger partial charge in [0.15, 0.2) is 0 Å². The molecule has 1 N–H and O–H groups in total. The van der Waals surface area contributed by atoms with Crippen LogP contribution in [0, 0.1) is 4.64 Å². The molecule has 0 aromatic carbocycles. The van der Waals surface area contributed by atoms with E-state index in [-0.39, 0.29) is 5.41 Å². The number of aromatic amines is 1. The molecule has 0 aliphatic heterocycles. The summed E-state index contributed by atoms with van der Waals surface area (Å²) >= 11 is 5.33. The maximum absolute atomic E-state index is 5.33. The van der Waals surface area contributed by atoms with E-state index in [1.54, 1.807) is 0 Å². The number of rotatable bonds is 1. The number of hydrogen-bond acceptors (Lipinski definition) is 2. The van der Waals surface area contributed by atoms with E-state index in [0.29, 0.717) is 5.92 Å². The van der Waals surface area contributed by atoms with E-state index in [1.165, 1.54) is 44.2 Å². The van der Waals surface area contributed by atoms with Crippen LogP contribution in [0.4, 0.5) is 0 Å². The highest BCUT2D eigenvalue weighted by Crippen LogP contribution is 2.30. The zero-order valence-corrected chi connectivity index (χ0v) is 12.6. The van der Waals surface area contributed by atoms with Crippen molar-refractivity contribution in [1.29, 1.82) is 0 Å². The van der Waals surface area contributed by atoms with Crippen molar-refractivity contribution >= 4 is 12.2 Å². The Labute approximate surface area is 115 Å². The predicted octanol–water partition coefficient (Wildman–Crippen LogP) is 4.87. The molecule has 0 bridgehead atoms. The smallest absolute Gasteiger partial charge is 0.130 e. The average Bonchev–Trinajstić information content (AvgIpc) is 2.55. The lowest BCUT2D eigenvalue weighted by Gasteiger charge is -2.22. The Bertz CT molecular complexity index is 448. The first-order valence-electron chi connectivity index (χ1n) is 7.08. The molecule has 3 heteroatoms. The van der Waals surface area contributed by atoms with Gasteiger partial charge in [0.05, 0.1) is 0 Å². The lowest BCUT2D eigenvalue weighted by atomic mass is 9.91. The third kappa shape index (κ3) is 3.41. The van der Waals surface area contributed by atoms with E-state index in [1.807, 2.05) is 6.07 Å². The van der Waals surface area contributed by atoms with Crippen molar-refractivity contribution < 1.29 is 0 Å². The van der Waals surface area contributed by atoms with Crippen LogP contribution < -0.4 is 0 Å². The van der Waals surface area contributed by atoms with Gasteiger partial charge < -0.3 is 4.98 Å². The summed E-state index contributed by atoms with van der Waals surface area (Å²) in [6.07, 6.45) is 7.91. The molecule has 1 aliphatic rings. The van der Waals surface area contributed by atoms with E-state index < -0.39 is 0 Å². The third-order valence-electron chi connectivity index (χ3n) is 3.81. The van der Waals surface area contributed by atoms with Gasteiger partial charge in [-0.25, -0.2) is 4.98 Å². The maximum Gasteiger partial charge on any atom is 0.130 e. The van der Waals surface area contributed by atoms with Gasteiger partial charge in [-0.05, 0) is 18.9 Å². The molecule has 2 nitrogen and oxygen atoms in total. The SMILES string of the molecule is CC(C)(C)c1cc(=S)nc(C2CCCCCC2)[nH]1. The molecule has 0 spiro atoms. The van der Waals surface area contributed by atoms with E-state index in [9.17, 15) is 0 Å². The quantitative estimate of drug-likeness (QED) is 0.579. The second-order valence-electron chi connectivity index (χ2n) is 6.46. The monoisotopic (exact) mass is 264 g/mol. The van der Waals surface area contributed by atoms with Crippen molar-refractivity contribution in [3.8, 4) is 0 Å². The van der Waals surface area contributed by atoms with E-state index in [0.717, 1.165) is 10.5 Å². The van der Waals surface area contributed by atoms with Crippen molar-refractivity contribution in [1.82, 2.24) is 9.97 Å². The molecule has 1 aromatic heterocycles. The minimum atomic E-state index is 0.107. The lowest BCUT2D eigenvalue weighted by Crippen LogP contribution is -2.16. The first kappa shape index (κ1) is 13.7. The summed E-state index contributed by atoms with van der Waals surface area (Å²) in [4.78, 5) is 8.12. The largest absolute Gasteiger partial charge is 0.346 e. The highest BCUT2D eigenvalue weighted by molar-refractivity contribution is 7.71. The van der Waals surface area contributed by atoms with Crippen LogP contribution in [0.3, 0.4) is 0 Å². The van der Waals surface area contributed by atoms with Gasteiger partial charge in [-0.2, -0.15) is 0 Å². The molecule has 1 aliphatic carbocycles. The van der Waals surface area contributed by atoms with E-state index in [4.69, 9.17) is 12.2 Å². The van der Waals surface area contributed by atoms with Crippen LogP contribution >= 0.6 is 12.2 Å². The molecule has 1 saturated carbocycles. The van der Waals surface area contributed by atoms with Crippen molar-refractivity contribution in [2.24, 2.45) is 0 Å². The van der Waals surface area contributed by atoms with Crippen molar-refractivity contribution in [2.45, 2.75) is 70.6 Å². The number of nitrogens with one attached hydrogen (secondary N) is 1. The predicted molar refractivity (Wildman–Crippen MR) is 78.6 cm³/mol. The Kier molecular flexibility index (Phi) is 4.21. The Hall–Kier alpha value is -0.700. The van der Waals surface area contributed by atoms with Crippen LogP contribution in [-0.4, -0.2) is 9.97 Å². The summed E-state index contributed by atoms with van der Waals surface area (Å²) in [5, 5.41) is 0. The maximum atomic E-state index is 5.33. The van der Waals surface area contributed by atoms with Gasteiger partial charge in [-0.15, -0.1) is 0 Å². The lowest BCUT2D eigenvalue weighted by molar-refractivity contribution is 0.526. The van der Waals surface area contributed by atoms with Crippen LogP contribution in [0.2, 0.25) is 0 Å². The van der Waals surface area contributed by atoms with Crippen LogP contribution in [0.15, 0.2) is 6.07 Å². The first-order valence-corrected chi connectivity index (χ1v) is 7.49. The third-order valence-corrected chi connectivity index (χ3v) is 4.02. The standard InChI is InChI=1S/C15H24N2S/c1-15(2,3)12-10-13(18)17-14(16-12)11-8-6-4-5-7-9-11/h10-11H,4-9H2,1-3H3,(H,16,17,18). The number of aromatic nitrogens is 2. The number of H-pyrrole nitrogens is 1. The van der Waals surface area contributed by atoms with Gasteiger partial charge in [-0.1, -0.05) is 58.7 Å². The Morgan fingerprint density at radius 2 is 1.78 bits per heavy atom. The molecule has 0 radical (unpaired) electrons. The van der Waals surface area contributed by atoms with E-state index >= 15 is 0 Å². The van der Waals surface area contributed by atoms with Crippen LogP contribution in [-0.2, 0) is 5.41 Å². The summed E-state index contributed by atoms with van der Waals surface area (Å²) < 4.78 is 0.734.